The van der Waals surface area contributed by atoms with Crippen molar-refractivity contribution in [3.63, 3.8) is 0 Å². The third-order valence-corrected chi connectivity index (χ3v) is 4.11. The van der Waals surface area contributed by atoms with Crippen LogP contribution in [0.1, 0.15) is 19.3 Å². The molecule has 4 nitrogen and oxygen atoms in total. The largest absolute Gasteiger partial charge is 0.481 e. The van der Waals surface area contributed by atoms with E-state index in [-0.39, 0.29) is 0 Å². The van der Waals surface area contributed by atoms with Crippen molar-refractivity contribution >= 4 is 11.5 Å². The average Bonchev–Trinajstić information content (AvgIpc) is 2.90. The van der Waals surface area contributed by atoms with E-state index in [2.05, 4.69) is 9.88 Å². The van der Waals surface area contributed by atoms with Crippen molar-refractivity contribution in [1.82, 2.24) is 4.98 Å². The van der Waals surface area contributed by atoms with Crippen molar-refractivity contribution in [2.75, 3.05) is 30.8 Å². The van der Waals surface area contributed by atoms with Crippen LogP contribution in [-0.4, -0.2) is 25.2 Å². The summed E-state index contributed by atoms with van der Waals surface area (Å²) >= 11 is 0. The van der Waals surface area contributed by atoms with Crippen molar-refractivity contribution < 1.29 is 4.74 Å². The molecule has 0 spiro atoms. The third-order valence-electron chi connectivity index (χ3n) is 4.11. The van der Waals surface area contributed by atoms with Crippen LogP contribution in [0.15, 0.2) is 12.1 Å². The van der Waals surface area contributed by atoms with E-state index in [1.54, 1.807) is 7.11 Å². The summed E-state index contributed by atoms with van der Waals surface area (Å²) in [6, 6.07) is 3.70. The highest BCUT2D eigenvalue weighted by molar-refractivity contribution is 5.64. The second-order valence-electron chi connectivity index (χ2n) is 5.12. The summed E-state index contributed by atoms with van der Waals surface area (Å²) in [6.45, 7) is 2.21. The summed E-state index contributed by atoms with van der Waals surface area (Å²) in [5.41, 5.74) is 6.77. The fraction of sp³-hybridized carbons (Fsp3) is 0.615. The normalized spacial score (nSPS) is 27.2. The Morgan fingerprint density at radius 2 is 2.00 bits per heavy atom. The van der Waals surface area contributed by atoms with E-state index in [0.29, 0.717) is 5.88 Å². The van der Waals surface area contributed by atoms with Crippen LogP contribution in [0.2, 0.25) is 0 Å². The van der Waals surface area contributed by atoms with Crippen LogP contribution in [0.5, 0.6) is 5.88 Å². The molecule has 1 aliphatic heterocycles. The van der Waals surface area contributed by atoms with Gasteiger partial charge in [-0.2, -0.15) is 4.98 Å². The van der Waals surface area contributed by atoms with E-state index in [4.69, 9.17) is 10.5 Å². The van der Waals surface area contributed by atoms with Gasteiger partial charge in [-0.15, -0.1) is 0 Å². The van der Waals surface area contributed by atoms with Gasteiger partial charge < -0.3 is 15.4 Å². The molecule has 17 heavy (non-hydrogen) atoms. The number of ether oxygens (including phenoxy) is 1. The number of anilines is 2. The highest BCUT2D eigenvalue weighted by Gasteiger charge is 2.37. The second kappa shape index (κ2) is 4.09. The minimum atomic E-state index is 0.645. The molecule has 1 aromatic heterocycles. The summed E-state index contributed by atoms with van der Waals surface area (Å²) in [6.07, 6.45) is 4.13. The van der Waals surface area contributed by atoms with E-state index in [1.165, 1.54) is 19.3 Å². The van der Waals surface area contributed by atoms with Gasteiger partial charge in [-0.3, -0.25) is 0 Å². The van der Waals surface area contributed by atoms with Crippen molar-refractivity contribution in [2.45, 2.75) is 19.3 Å². The number of pyridine rings is 1. The fourth-order valence-corrected chi connectivity index (χ4v) is 3.22. The number of methoxy groups -OCH3 is 1. The van der Waals surface area contributed by atoms with Crippen LogP contribution in [0, 0.1) is 11.8 Å². The topological polar surface area (TPSA) is 51.4 Å². The first-order chi connectivity index (χ1) is 8.28. The first-order valence-electron chi connectivity index (χ1n) is 6.33. The van der Waals surface area contributed by atoms with E-state index >= 15 is 0 Å². The quantitative estimate of drug-likeness (QED) is 0.847. The zero-order chi connectivity index (χ0) is 11.8. The van der Waals surface area contributed by atoms with E-state index < -0.39 is 0 Å². The molecule has 1 aromatic rings. The molecular formula is C13H19N3O. The zero-order valence-electron chi connectivity index (χ0n) is 10.2. The molecule has 2 aliphatic rings. The highest BCUT2D eigenvalue weighted by atomic mass is 16.5. The monoisotopic (exact) mass is 233 g/mol. The first-order valence-corrected chi connectivity index (χ1v) is 6.33. The van der Waals surface area contributed by atoms with Gasteiger partial charge in [0.2, 0.25) is 5.88 Å². The second-order valence-corrected chi connectivity index (χ2v) is 5.12. The molecule has 0 amide bonds. The molecule has 4 heteroatoms. The summed E-state index contributed by atoms with van der Waals surface area (Å²) in [7, 11) is 1.64. The molecule has 2 heterocycles. The number of nitrogen functional groups attached to an aromatic ring is 1. The Kier molecular flexibility index (Phi) is 2.57. The minimum Gasteiger partial charge on any atom is -0.481 e. The maximum absolute atomic E-state index is 6.01. The summed E-state index contributed by atoms with van der Waals surface area (Å²) < 4.78 is 5.17. The van der Waals surface area contributed by atoms with Gasteiger partial charge in [0.05, 0.1) is 12.8 Å². The van der Waals surface area contributed by atoms with Gasteiger partial charge in [-0.1, -0.05) is 6.42 Å². The SMILES string of the molecule is COc1ccc(N)c(N2CC3CCCC3C2)n1. The number of fused-ring (bicyclic) bond motifs is 1. The molecule has 92 valence electrons. The zero-order valence-corrected chi connectivity index (χ0v) is 10.2. The molecule has 2 fully saturated rings. The third kappa shape index (κ3) is 1.81. The molecule has 0 bridgehead atoms. The lowest BCUT2D eigenvalue weighted by atomic mass is 10.0. The lowest BCUT2D eigenvalue weighted by Gasteiger charge is -2.20. The molecule has 3 rings (SSSR count). The number of rotatable bonds is 2. The predicted octanol–water partition coefficient (Wildman–Crippen LogP) is 1.91. The maximum Gasteiger partial charge on any atom is 0.215 e. The Bertz CT molecular complexity index is 409. The van der Waals surface area contributed by atoms with Crippen molar-refractivity contribution in [2.24, 2.45) is 11.8 Å². The Balaban J connectivity index is 1.84. The van der Waals surface area contributed by atoms with Crippen molar-refractivity contribution in [3.8, 4) is 5.88 Å². The van der Waals surface area contributed by atoms with Gasteiger partial charge in [0, 0.05) is 19.2 Å². The van der Waals surface area contributed by atoms with Gasteiger partial charge >= 0.3 is 0 Å². The molecule has 0 radical (unpaired) electrons. The van der Waals surface area contributed by atoms with Crippen LogP contribution >= 0.6 is 0 Å². The van der Waals surface area contributed by atoms with Crippen LogP contribution in [0.25, 0.3) is 0 Å². The van der Waals surface area contributed by atoms with Gasteiger partial charge in [0.15, 0.2) is 5.82 Å². The Hall–Kier alpha value is -1.45. The molecule has 2 unspecified atom stereocenters. The van der Waals surface area contributed by atoms with Crippen LogP contribution in [-0.2, 0) is 0 Å². The van der Waals surface area contributed by atoms with Crippen LogP contribution in [0.3, 0.4) is 0 Å². The number of hydrogen-bond acceptors (Lipinski definition) is 4. The standard InChI is InChI=1S/C13H19N3O/c1-17-12-6-5-11(14)13(15-12)16-7-9-3-2-4-10(9)8-16/h5-6,9-10H,2-4,7-8,14H2,1H3. The van der Waals surface area contributed by atoms with Gasteiger partial charge in [-0.25, -0.2) is 0 Å². The first kappa shape index (κ1) is 10.7. The number of nitrogens with zero attached hydrogens (tertiary/aromatic N) is 2. The van der Waals surface area contributed by atoms with E-state index in [0.717, 1.165) is 36.4 Å². The van der Waals surface area contributed by atoms with E-state index in [9.17, 15) is 0 Å². The fourth-order valence-electron chi connectivity index (χ4n) is 3.22. The molecule has 1 aliphatic carbocycles. The summed E-state index contributed by atoms with van der Waals surface area (Å²) in [5.74, 6) is 3.25. The smallest absolute Gasteiger partial charge is 0.215 e. The lowest BCUT2D eigenvalue weighted by Crippen LogP contribution is -2.23. The number of aromatic nitrogens is 1. The molecule has 0 aromatic carbocycles. The Morgan fingerprint density at radius 3 is 2.65 bits per heavy atom. The maximum atomic E-state index is 6.01. The number of hydrogen-bond donors (Lipinski definition) is 1. The average molecular weight is 233 g/mol. The molecule has 1 saturated carbocycles. The predicted molar refractivity (Wildman–Crippen MR) is 68.2 cm³/mol. The molecular weight excluding hydrogens is 214 g/mol. The molecule has 2 atom stereocenters. The van der Waals surface area contributed by atoms with Gasteiger partial charge in [0.25, 0.3) is 0 Å². The van der Waals surface area contributed by atoms with Gasteiger partial charge in [-0.05, 0) is 30.7 Å². The molecule has 1 saturated heterocycles. The van der Waals surface area contributed by atoms with Gasteiger partial charge in [0.1, 0.15) is 0 Å². The van der Waals surface area contributed by atoms with Crippen molar-refractivity contribution in [3.05, 3.63) is 12.1 Å². The van der Waals surface area contributed by atoms with E-state index in [1.807, 2.05) is 12.1 Å². The Morgan fingerprint density at radius 1 is 1.29 bits per heavy atom. The summed E-state index contributed by atoms with van der Waals surface area (Å²) in [5, 5.41) is 0. The Labute approximate surface area is 102 Å². The minimum absolute atomic E-state index is 0.645. The highest BCUT2D eigenvalue weighted by Crippen LogP contribution is 2.40. The van der Waals surface area contributed by atoms with Crippen LogP contribution < -0.4 is 15.4 Å². The molecule has 2 N–H and O–H groups in total. The summed E-state index contributed by atoms with van der Waals surface area (Å²) in [4.78, 5) is 6.80. The lowest BCUT2D eigenvalue weighted by molar-refractivity contribution is 0.398. The van der Waals surface area contributed by atoms with Crippen molar-refractivity contribution in [1.29, 1.82) is 0 Å². The van der Waals surface area contributed by atoms with Crippen LogP contribution in [0.4, 0.5) is 11.5 Å². The number of nitrogens with two attached hydrogens (primary N) is 1.